The lowest BCUT2D eigenvalue weighted by atomic mass is 9.89. The fourth-order valence-electron chi connectivity index (χ4n) is 4.14. The van der Waals surface area contributed by atoms with Crippen LogP contribution < -0.4 is 5.32 Å². The number of hydrogen-bond donors (Lipinski definition) is 1. The summed E-state index contributed by atoms with van der Waals surface area (Å²) in [6.07, 6.45) is 6.72. The highest BCUT2D eigenvalue weighted by molar-refractivity contribution is 7.86. The first-order valence-corrected chi connectivity index (χ1v) is 9.95. The maximum Gasteiger partial charge on any atom is 0.281 e. The Morgan fingerprint density at radius 3 is 2.33 bits per heavy atom. The van der Waals surface area contributed by atoms with Crippen molar-refractivity contribution >= 4 is 10.2 Å². The summed E-state index contributed by atoms with van der Waals surface area (Å²) in [5.74, 6) is 1.16. The quantitative estimate of drug-likeness (QED) is 0.857. The van der Waals surface area contributed by atoms with Gasteiger partial charge in [0.2, 0.25) is 0 Å². The normalized spacial score (nSPS) is 34.3. The Hall–Kier alpha value is -0.170. The van der Waals surface area contributed by atoms with Gasteiger partial charge in [-0.15, -0.1) is 0 Å². The van der Waals surface area contributed by atoms with Crippen LogP contribution in [0.25, 0.3) is 0 Å². The van der Waals surface area contributed by atoms with E-state index in [2.05, 4.69) is 12.2 Å². The first kappa shape index (κ1) is 15.7. The molecule has 0 amide bonds. The molecule has 3 aliphatic heterocycles. The topological polar surface area (TPSA) is 52.7 Å². The van der Waals surface area contributed by atoms with Crippen molar-refractivity contribution in [2.45, 2.75) is 51.5 Å². The Morgan fingerprint density at radius 2 is 1.71 bits per heavy atom. The highest BCUT2D eigenvalue weighted by Gasteiger charge is 2.36. The van der Waals surface area contributed by atoms with E-state index in [-0.39, 0.29) is 0 Å². The third-order valence-corrected chi connectivity index (χ3v) is 7.44. The molecule has 1 N–H and O–H groups in total. The second kappa shape index (κ2) is 6.52. The summed E-state index contributed by atoms with van der Waals surface area (Å²) in [6, 6.07) is 0.630. The number of hydrogen-bond acceptors (Lipinski definition) is 3. The van der Waals surface area contributed by atoms with Crippen LogP contribution in [0.4, 0.5) is 0 Å². The molecule has 0 aromatic heterocycles. The average Bonchev–Trinajstić information content (AvgIpc) is 3.02. The summed E-state index contributed by atoms with van der Waals surface area (Å²) in [4.78, 5) is 0. The average molecular weight is 315 g/mol. The largest absolute Gasteiger partial charge is 0.314 e. The first-order chi connectivity index (χ1) is 10.1. The zero-order valence-electron chi connectivity index (χ0n) is 13.1. The molecule has 5 nitrogen and oxygen atoms in total. The van der Waals surface area contributed by atoms with Crippen molar-refractivity contribution in [3.05, 3.63) is 0 Å². The van der Waals surface area contributed by atoms with E-state index >= 15 is 0 Å². The van der Waals surface area contributed by atoms with Crippen molar-refractivity contribution in [1.29, 1.82) is 0 Å². The lowest BCUT2D eigenvalue weighted by Crippen LogP contribution is -2.51. The smallest absolute Gasteiger partial charge is 0.281 e. The fourth-order valence-corrected chi connectivity index (χ4v) is 5.94. The van der Waals surface area contributed by atoms with Crippen molar-refractivity contribution in [2.24, 2.45) is 11.8 Å². The third kappa shape index (κ3) is 3.44. The Morgan fingerprint density at radius 1 is 0.952 bits per heavy atom. The first-order valence-electron chi connectivity index (χ1n) is 8.56. The molecule has 0 aromatic rings. The van der Waals surface area contributed by atoms with E-state index < -0.39 is 10.2 Å². The number of nitrogens with zero attached hydrogens (tertiary/aromatic N) is 2. The summed E-state index contributed by atoms with van der Waals surface area (Å²) >= 11 is 0. The Bertz CT molecular complexity index is 440. The van der Waals surface area contributed by atoms with Crippen molar-refractivity contribution in [2.75, 3.05) is 32.7 Å². The number of piperidine rings is 2. The molecule has 3 aliphatic rings. The minimum absolute atomic E-state index is 0.494. The standard InChI is InChI=1S/C15H29N3O2S/c1-13-4-3-9-18(12-13)21(19,20)17-10-6-14(7-11-17)15-5-2-8-16-15/h13-16H,2-12H2,1H3. The lowest BCUT2D eigenvalue weighted by Gasteiger charge is -2.38. The van der Waals surface area contributed by atoms with Gasteiger partial charge in [-0.05, 0) is 56.9 Å². The van der Waals surface area contributed by atoms with E-state index in [1.807, 2.05) is 0 Å². The van der Waals surface area contributed by atoms with Crippen molar-refractivity contribution in [3.8, 4) is 0 Å². The summed E-state index contributed by atoms with van der Waals surface area (Å²) in [6.45, 7) is 6.10. The molecule has 122 valence electrons. The van der Waals surface area contributed by atoms with Gasteiger partial charge in [0.05, 0.1) is 0 Å². The summed E-state index contributed by atoms with van der Waals surface area (Å²) in [7, 11) is -3.22. The van der Waals surface area contributed by atoms with Crippen LogP contribution in [-0.4, -0.2) is 55.8 Å². The molecular weight excluding hydrogens is 286 g/mol. The highest BCUT2D eigenvalue weighted by atomic mass is 32.2. The monoisotopic (exact) mass is 315 g/mol. The van der Waals surface area contributed by atoms with Gasteiger partial charge in [0.1, 0.15) is 0 Å². The predicted molar refractivity (Wildman–Crippen MR) is 84.2 cm³/mol. The SMILES string of the molecule is CC1CCCN(S(=O)(=O)N2CCC(C3CCCN3)CC2)C1. The van der Waals surface area contributed by atoms with Crippen LogP contribution in [0.15, 0.2) is 0 Å². The summed E-state index contributed by atoms with van der Waals surface area (Å²) in [5.41, 5.74) is 0. The van der Waals surface area contributed by atoms with Gasteiger partial charge in [-0.1, -0.05) is 6.92 Å². The van der Waals surface area contributed by atoms with Gasteiger partial charge in [0, 0.05) is 32.2 Å². The second-order valence-electron chi connectivity index (χ2n) is 7.05. The van der Waals surface area contributed by atoms with Gasteiger partial charge in [-0.2, -0.15) is 17.0 Å². The second-order valence-corrected chi connectivity index (χ2v) is 8.98. The van der Waals surface area contributed by atoms with Crippen LogP contribution >= 0.6 is 0 Å². The van der Waals surface area contributed by atoms with Crippen LogP contribution in [0.2, 0.25) is 0 Å². The van der Waals surface area contributed by atoms with E-state index in [1.165, 1.54) is 12.8 Å². The predicted octanol–water partition coefficient (Wildman–Crippen LogP) is 1.43. The lowest BCUT2D eigenvalue weighted by molar-refractivity contribution is 0.208. The van der Waals surface area contributed by atoms with Gasteiger partial charge in [-0.3, -0.25) is 0 Å². The number of rotatable bonds is 3. The van der Waals surface area contributed by atoms with Gasteiger partial charge in [-0.25, -0.2) is 0 Å². The molecule has 0 spiro atoms. The molecule has 0 bridgehead atoms. The zero-order chi connectivity index (χ0) is 14.9. The molecule has 0 aromatic carbocycles. The molecule has 2 unspecified atom stereocenters. The van der Waals surface area contributed by atoms with E-state index in [1.54, 1.807) is 8.61 Å². The Balaban J connectivity index is 1.57. The minimum atomic E-state index is -3.22. The molecule has 2 atom stereocenters. The molecule has 0 aliphatic carbocycles. The van der Waals surface area contributed by atoms with Crippen molar-refractivity contribution in [1.82, 2.24) is 13.9 Å². The van der Waals surface area contributed by atoms with Crippen LogP contribution in [0, 0.1) is 11.8 Å². The molecule has 3 saturated heterocycles. The molecular formula is C15H29N3O2S. The fraction of sp³-hybridized carbons (Fsp3) is 1.00. The summed E-state index contributed by atoms with van der Waals surface area (Å²) in [5, 5.41) is 3.57. The molecule has 6 heteroatoms. The van der Waals surface area contributed by atoms with E-state index in [0.29, 0.717) is 44.1 Å². The van der Waals surface area contributed by atoms with Crippen LogP contribution in [0.5, 0.6) is 0 Å². The highest BCUT2D eigenvalue weighted by Crippen LogP contribution is 2.28. The van der Waals surface area contributed by atoms with Gasteiger partial charge >= 0.3 is 0 Å². The molecule has 0 saturated carbocycles. The van der Waals surface area contributed by atoms with Crippen molar-refractivity contribution < 1.29 is 8.42 Å². The summed E-state index contributed by atoms with van der Waals surface area (Å²) < 4.78 is 29.0. The Kier molecular flexibility index (Phi) is 4.88. The molecule has 3 fully saturated rings. The zero-order valence-corrected chi connectivity index (χ0v) is 13.9. The molecule has 21 heavy (non-hydrogen) atoms. The van der Waals surface area contributed by atoms with E-state index in [0.717, 1.165) is 32.2 Å². The van der Waals surface area contributed by atoms with Crippen LogP contribution in [0.1, 0.15) is 45.4 Å². The van der Waals surface area contributed by atoms with Crippen LogP contribution in [0.3, 0.4) is 0 Å². The third-order valence-electron chi connectivity index (χ3n) is 5.44. The number of nitrogens with one attached hydrogen (secondary N) is 1. The van der Waals surface area contributed by atoms with Gasteiger partial charge in [0.15, 0.2) is 0 Å². The van der Waals surface area contributed by atoms with E-state index in [9.17, 15) is 8.42 Å². The maximum absolute atomic E-state index is 12.8. The molecule has 0 radical (unpaired) electrons. The van der Waals surface area contributed by atoms with Gasteiger partial charge in [0.25, 0.3) is 10.2 Å². The van der Waals surface area contributed by atoms with Crippen LogP contribution in [-0.2, 0) is 10.2 Å². The van der Waals surface area contributed by atoms with Crippen molar-refractivity contribution in [3.63, 3.8) is 0 Å². The molecule has 3 rings (SSSR count). The van der Waals surface area contributed by atoms with Gasteiger partial charge < -0.3 is 5.32 Å². The maximum atomic E-state index is 12.8. The molecule has 3 heterocycles. The van der Waals surface area contributed by atoms with E-state index in [4.69, 9.17) is 0 Å². The Labute approximate surface area is 129 Å². The minimum Gasteiger partial charge on any atom is -0.314 e.